The van der Waals surface area contributed by atoms with Crippen molar-refractivity contribution < 1.29 is 18.3 Å². The molecule has 1 rings (SSSR count). The van der Waals surface area contributed by atoms with E-state index in [4.69, 9.17) is 5.11 Å². The van der Waals surface area contributed by atoms with Gasteiger partial charge in [-0.2, -0.15) is 0 Å². The van der Waals surface area contributed by atoms with Crippen molar-refractivity contribution in [3.63, 3.8) is 0 Å². The van der Waals surface area contributed by atoms with E-state index in [1.165, 1.54) is 12.1 Å². The average molecular weight is 242 g/mol. The Hall–Kier alpha value is -1.36. The maximum Gasteiger partial charge on any atom is 0.303 e. The Labute approximate surface area is 94.8 Å². The lowest BCUT2D eigenvalue weighted by Crippen LogP contribution is -2.16. The zero-order chi connectivity index (χ0) is 12.2. The SMILES string of the molecule is CC(CC(=O)O)CS(=O)(=O)c1ccccc1. The third-order valence-corrected chi connectivity index (χ3v) is 4.13. The number of rotatable bonds is 5. The number of hydrogen-bond donors (Lipinski definition) is 1. The van der Waals surface area contributed by atoms with Gasteiger partial charge in [0.2, 0.25) is 0 Å². The summed E-state index contributed by atoms with van der Waals surface area (Å²) in [7, 11) is -3.37. The topological polar surface area (TPSA) is 71.4 Å². The quantitative estimate of drug-likeness (QED) is 0.850. The third kappa shape index (κ3) is 3.66. The molecule has 0 aromatic heterocycles. The van der Waals surface area contributed by atoms with Gasteiger partial charge in [0.25, 0.3) is 0 Å². The first-order valence-corrected chi connectivity index (χ1v) is 6.56. The highest BCUT2D eigenvalue weighted by Crippen LogP contribution is 2.15. The van der Waals surface area contributed by atoms with Crippen LogP contribution in [0.4, 0.5) is 0 Å². The van der Waals surface area contributed by atoms with Gasteiger partial charge >= 0.3 is 5.97 Å². The fourth-order valence-electron chi connectivity index (χ4n) is 1.46. The van der Waals surface area contributed by atoms with Crippen LogP contribution in [0.2, 0.25) is 0 Å². The summed E-state index contributed by atoms with van der Waals surface area (Å²) < 4.78 is 23.7. The first kappa shape index (κ1) is 12.7. The zero-order valence-electron chi connectivity index (χ0n) is 8.96. The highest BCUT2D eigenvalue weighted by molar-refractivity contribution is 7.91. The molecule has 0 radical (unpaired) electrons. The summed E-state index contributed by atoms with van der Waals surface area (Å²) in [6.45, 7) is 1.62. The second-order valence-corrected chi connectivity index (χ2v) is 5.83. The van der Waals surface area contributed by atoms with Crippen molar-refractivity contribution in [3.8, 4) is 0 Å². The third-order valence-electron chi connectivity index (χ3n) is 2.13. The predicted molar refractivity (Wildman–Crippen MR) is 59.9 cm³/mol. The molecule has 16 heavy (non-hydrogen) atoms. The molecule has 1 atom stereocenters. The largest absolute Gasteiger partial charge is 0.481 e. The van der Waals surface area contributed by atoms with Crippen molar-refractivity contribution >= 4 is 15.8 Å². The summed E-state index contributed by atoms with van der Waals surface area (Å²) in [5.41, 5.74) is 0. The minimum atomic E-state index is -3.37. The molecule has 0 saturated carbocycles. The number of carbonyl (C=O) groups is 1. The van der Waals surface area contributed by atoms with Crippen molar-refractivity contribution in [1.82, 2.24) is 0 Å². The van der Waals surface area contributed by atoms with Crippen molar-refractivity contribution in [3.05, 3.63) is 30.3 Å². The van der Waals surface area contributed by atoms with Gasteiger partial charge in [0.15, 0.2) is 9.84 Å². The van der Waals surface area contributed by atoms with E-state index < -0.39 is 15.8 Å². The molecule has 0 fully saturated rings. The Morgan fingerprint density at radius 2 is 1.88 bits per heavy atom. The molecule has 0 saturated heterocycles. The van der Waals surface area contributed by atoms with E-state index in [-0.39, 0.29) is 23.0 Å². The van der Waals surface area contributed by atoms with E-state index in [9.17, 15) is 13.2 Å². The lowest BCUT2D eigenvalue weighted by Gasteiger charge is -2.09. The molecule has 0 aliphatic rings. The predicted octanol–water partition coefficient (Wildman–Crippen LogP) is 1.57. The van der Waals surface area contributed by atoms with Crippen LogP contribution in [0.25, 0.3) is 0 Å². The van der Waals surface area contributed by atoms with Gasteiger partial charge in [0, 0.05) is 6.42 Å². The van der Waals surface area contributed by atoms with Gasteiger partial charge in [-0.1, -0.05) is 25.1 Å². The molecule has 0 bridgehead atoms. The first-order chi connectivity index (χ1) is 7.42. The maximum atomic E-state index is 11.8. The van der Waals surface area contributed by atoms with Crippen molar-refractivity contribution in [2.45, 2.75) is 18.2 Å². The Kier molecular flexibility index (Phi) is 4.06. The van der Waals surface area contributed by atoms with Crippen LogP contribution in [-0.2, 0) is 14.6 Å². The smallest absolute Gasteiger partial charge is 0.303 e. The van der Waals surface area contributed by atoms with Gasteiger partial charge in [-0.3, -0.25) is 4.79 Å². The van der Waals surface area contributed by atoms with Gasteiger partial charge in [-0.15, -0.1) is 0 Å². The number of carboxylic acid groups (broad SMARTS) is 1. The number of carboxylic acids is 1. The molecule has 5 heteroatoms. The summed E-state index contributed by atoms with van der Waals surface area (Å²) in [4.78, 5) is 10.7. The molecule has 1 aromatic carbocycles. The van der Waals surface area contributed by atoms with Crippen LogP contribution in [0.3, 0.4) is 0 Å². The number of hydrogen-bond acceptors (Lipinski definition) is 3. The van der Waals surface area contributed by atoms with E-state index in [0.29, 0.717) is 0 Å². The molecule has 0 aliphatic heterocycles. The van der Waals surface area contributed by atoms with Gasteiger partial charge < -0.3 is 5.11 Å². The van der Waals surface area contributed by atoms with Crippen LogP contribution in [-0.4, -0.2) is 25.2 Å². The van der Waals surface area contributed by atoms with Crippen molar-refractivity contribution in [2.75, 3.05) is 5.75 Å². The van der Waals surface area contributed by atoms with E-state index in [1.807, 2.05) is 0 Å². The number of aliphatic carboxylic acids is 1. The monoisotopic (exact) mass is 242 g/mol. The summed E-state index contributed by atoms with van der Waals surface area (Å²) >= 11 is 0. The number of sulfone groups is 1. The molecular formula is C11H14O4S. The standard InChI is InChI=1S/C11H14O4S/c1-9(7-11(12)13)8-16(14,15)10-5-3-2-4-6-10/h2-6,9H,7-8H2,1H3,(H,12,13). The molecule has 4 nitrogen and oxygen atoms in total. The van der Waals surface area contributed by atoms with Gasteiger partial charge in [-0.05, 0) is 18.1 Å². The minimum Gasteiger partial charge on any atom is -0.481 e. The summed E-state index contributed by atoms with van der Waals surface area (Å²) in [5.74, 6) is -1.50. The molecule has 0 amide bonds. The van der Waals surface area contributed by atoms with Gasteiger partial charge in [0.1, 0.15) is 0 Å². The Bertz CT molecular complexity index is 450. The first-order valence-electron chi connectivity index (χ1n) is 4.91. The molecule has 1 aromatic rings. The van der Waals surface area contributed by atoms with Crippen LogP contribution >= 0.6 is 0 Å². The normalized spacial score (nSPS) is 13.3. The van der Waals surface area contributed by atoms with Crippen LogP contribution in [0.15, 0.2) is 35.2 Å². The summed E-state index contributed by atoms with van der Waals surface area (Å²) in [6, 6.07) is 8.06. The van der Waals surface area contributed by atoms with Crippen LogP contribution in [0.1, 0.15) is 13.3 Å². The Morgan fingerprint density at radius 3 is 2.38 bits per heavy atom. The molecule has 0 aliphatic carbocycles. The van der Waals surface area contributed by atoms with E-state index in [1.54, 1.807) is 25.1 Å². The lowest BCUT2D eigenvalue weighted by molar-refractivity contribution is -0.137. The van der Waals surface area contributed by atoms with Crippen LogP contribution in [0, 0.1) is 5.92 Å². The van der Waals surface area contributed by atoms with E-state index in [0.717, 1.165) is 0 Å². The Morgan fingerprint density at radius 1 is 1.31 bits per heavy atom. The van der Waals surface area contributed by atoms with Crippen molar-refractivity contribution in [2.24, 2.45) is 5.92 Å². The van der Waals surface area contributed by atoms with E-state index in [2.05, 4.69) is 0 Å². The molecule has 88 valence electrons. The summed E-state index contributed by atoms with van der Waals surface area (Å²) in [6.07, 6.45) is -0.133. The molecular weight excluding hydrogens is 228 g/mol. The minimum absolute atomic E-state index is 0.133. The highest BCUT2D eigenvalue weighted by Gasteiger charge is 2.19. The second kappa shape index (κ2) is 5.12. The van der Waals surface area contributed by atoms with E-state index >= 15 is 0 Å². The van der Waals surface area contributed by atoms with Crippen LogP contribution < -0.4 is 0 Å². The second-order valence-electron chi connectivity index (χ2n) is 3.80. The van der Waals surface area contributed by atoms with Gasteiger partial charge in [0.05, 0.1) is 10.6 Å². The molecule has 1 N–H and O–H groups in total. The molecule has 0 spiro atoms. The Balaban J connectivity index is 2.77. The van der Waals surface area contributed by atoms with Crippen molar-refractivity contribution in [1.29, 1.82) is 0 Å². The lowest BCUT2D eigenvalue weighted by atomic mass is 10.1. The maximum absolute atomic E-state index is 11.8. The molecule has 1 unspecified atom stereocenters. The van der Waals surface area contributed by atoms with Gasteiger partial charge in [-0.25, -0.2) is 8.42 Å². The average Bonchev–Trinajstić information content (AvgIpc) is 2.16. The van der Waals surface area contributed by atoms with Crippen LogP contribution in [0.5, 0.6) is 0 Å². The fourth-order valence-corrected chi connectivity index (χ4v) is 3.09. The number of benzene rings is 1. The summed E-state index contributed by atoms with van der Waals surface area (Å²) in [5, 5.41) is 8.56. The zero-order valence-corrected chi connectivity index (χ0v) is 9.78. The fraction of sp³-hybridized carbons (Fsp3) is 0.364. The molecule has 0 heterocycles. The highest BCUT2D eigenvalue weighted by atomic mass is 32.2.